The number of esters is 1. The number of halogens is 2. The Morgan fingerprint density at radius 1 is 0.957 bits per heavy atom. The van der Waals surface area contributed by atoms with E-state index in [9.17, 15) is 32.8 Å². The zero-order chi connectivity index (χ0) is 33.6. The van der Waals surface area contributed by atoms with Crippen molar-refractivity contribution in [1.29, 1.82) is 0 Å². The van der Waals surface area contributed by atoms with Crippen LogP contribution in [0.3, 0.4) is 0 Å². The summed E-state index contributed by atoms with van der Waals surface area (Å²) < 4.78 is 33.8. The lowest BCUT2D eigenvalue weighted by molar-refractivity contribution is -0.144. The number of carbonyl (C=O) groups excluding carboxylic acids is 5. The van der Waals surface area contributed by atoms with Crippen LogP contribution in [0.15, 0.2) is 60.7 Å². The first-order valence-corrected chi connectivity index (χ1v) is 15.2. The largest absolute Gasteiger partial charge is 0.467 e. The zero-order valence-electron chi connectivity index (χ0n) is 26.1. The van der Waals surface area contributed by atoms with Crippen LogP contribution in [0.4, 0.5) is 13.6 Å². The van der Waals surface area contributed by atoms with Crippen molar-refractivity contribution < 1.29 is 37.5 Å². The third kappa shape index (κ3) is 11.0. The molecule has 3 rings (SSSR count). The lowest BCUT2D eigenvalue weighted by Gasteiger charge is -2.26. The maximum Gasteiger partial charge on any atom is 0.328 e. The summed E-state index contributed by atoms with van der Waals surface area (Å²) in [5.41, 5.74) is 0.461. The number of hydrogen-bond donors (Lipinski definition) is 5. The molecule has 0 aromatic heterocycles. The molecular weight excluding hydrogens is 600 g/mol. The third-order valence-corrected chi connectivity index (χ3v) is 7.47. The van der Waals surface area contributed by atoms with Crippen molar-refractivity contribution >= 4 is 29.7 Å². The molecule has 2 aromatic carbocycles. The minimum atomic E-state index is -1.34. The Bertz CT molecular complexity index is 1420. The van der Waals surface area contributed by atoms with Gasteiger partial charge in [0.15, 0.2) is 0 Å². The summed E-state index contributed by atoms with van der Waals surface area (Å²) in [6, 6.07) is 6.72. The van der Waals surface area contributed by atoms with Crippen LogP contribution in [0.1, 0.15) is 44.2 Å². The number of urea groups is 1. The summed E-state index contributed by atoms with van der Waals surface area (Å²) in [5, 5.41) is 13.2. The van der Waals surface area contributed by atoms with Crippen molar-refractivity contribution in [2.75, 3.05) is 13.7 Å². The van der Waals surface area contributed by atoms with E-state index >= 15 is 0 Å². The highest BCUT2D eigenvalue weighted by molar-refractivity contribution is 5.93. The molecule has 0 saturated heterocycles. The quantitative estimate of drug-likeness (QED) is 0.251. The second-order valence-electron chi connectivity index (χ2n) is 11.3. The topological polar surface area (TPSA) is 155 Å². The van der Waals surface area contributed by atoms with E-state index in [0.717, 1.165) is 0 Å². The van der Waals surface area contributed by atoms with Crippen molar-refractivity contribution in [3.05, 3.63) is 83.4 Å². The fraction of sp³-hybridized carbons (Fsp3) is 0.424. The molecule has 0 aliphatic carbocycles. The van der Waals surface area contributed by atoms with Crippen molar-refractivity contribution in [3.8, 4) is 0 Å². The standard InChI is InChI=1S/C33H41F2N5O6/c1-20(2)29(32(44)46-3)40-33(45)39-27(19-22-11-5-7-13-25(22)35)31(43)38-26-14-8-9-17-36-28(41)16-15-23(37-30(26)42)18-21-10-4-6-12-24(21)34/h4-7,10-13,15-16,20,23,26-27,29H,8-9,14,17-19H2,1-3H3,(H,36,41)(H,37,42)(H,38,43)(H2,39,40,45)/b16-15-/t23-,26+,27+,29+/m1/s1. The third-order valence-electron chi connectivity index (χ3n) is 7.47. The first-order valence-electron chi connectivity index (χ1n) is 15.2. The molecule has 46 heavy (non-hydrogen) atoms. The number of nitrogens with one attached hydrogen (secondary N) is 5. The minimum absolute atomic E-state index is 0.0394. The second-order valence-corrected chi connectivity index (χ2v) is 11.3. The van der Waals surface area contributed by atoms with E-state index < -0.39 is 59.6 Å². The molecule has 1 aliphatic heterocycles. The Morgan fingerprint density at radius 2 is 1.61 bits per heavy atom. The van der Waals surface area contributed by atoms with Gasteiger partial charge in [0.1, 0.15) is 29.8 Å². The van der Waals surface area contributed by atoms with E-state index in [-0.39, 0.29) is 36.7 Å². The van der Waals surface area contributed by atoms with Crippen LogP contribution in [0, 0.1) is 17.6 Å². The Balaban J connectivity index is 1.84. The summed E-state index contributed by atoms with van der Waals surface area (Å²) in [4.78, 5) is 64.6. The molecule has 5 N–H and O–H groups in total. The predicted octanol–water partition coefficient (Wildman–Crippen LogP) is 2.44. The maximum atomic E-state index is 14.6. The second kappa shape index (κ2) is 17.6. The number of methoxy groups -OCH3 is 1. The molecule has 2 aromatic rings. The van der Waals surface area contributed by atoms with Gasteiger partial charge in [-0.2, -0.15) is 0 Å². The summed E-state index contributed by atoms with van der Waals surface area (Å²) >= 11 is 0. The van der Waals surface area contributed by atoms with Gasteiger partial charge in [0.2, 0.25) is 17.7 Å². The maximum absolute atomic E-state index is 14.6. The number of hydrogen-bond acceptors (Lipinski definition) is 6. The molecule has 248 valence electrons. The SMILES string of the molecule is COC(=O)[C@@H](NC(=O)N[C@@H](Cc1ccccc1F)C(=O)N[C@H]1CCCCNC(=O)/C=C\[C@H](Cc2ccccc2F)NC1=O)C(C)C. The van der Waals surface area contributed by atoms with Gasteiger partial charge in [-0.3, -0.25) is 14.4 Å². The fourth-order valence-electron chi connectivity index (χ4n) is 4.90. The summed E-state index contributed by atoms with van der Waals surface area (Å²) in [7, 11) is 1.18. The van der Waals surface area contributed by atoms with Crippen molar-refractivity contribution in [2.24, 2.45) is 5.92 Å². The van der Waals surface area contributed by atoms with Crippen molar-refractivity contribution in [1.82, 2.24) is 26.6 Å². The Morgan fingerprint density at radius 3 is 2.24 bits per heavy atom. The number of carbonyl (C=O) groups is 5. The van der Waals surface area contributed by atoms with Gasteiger partial charge in [-0.25, -0.2) is 18.4 Å². The zero-order valence-corrected chi connectivity index (χ0v) is 26.1. The van der Waals surface area contributed by atoms with E-state index in [1.807, 2.05) is 0 Å². The average Bonchev–Trinajstić information content (AvgIpc) is 3.02. The Labute approximate surface area is 266 Å². The molecule has 1 aliphatic rings. The van der Waals surface area contributed by atoms with Crippen LogP contribution in [0.2, 0.25) is 0 Å². The van der Waals surface area contributed by atoms with Crippen LogP contribution >= 0.6 is 0 Å². The van der Waals surface area contributed by atoms with Gasteiger partial charge in [0.25, 0.3) is 0 Å². The van der Waals surface area contributed by atoms with E-state index in [0.29, 0.717) is 24.9 Å². The monoisotopic (exact) mass is 641 g/mol. The number of benzene rings is 2. The molecule has 4 atom stereocenters. The van der Waals surface area contributed by atoms with Gasteiger partial charge < -0.3 is 31.3 Å². The van der Waals surface area contributed by atoms with Gasteiger partial charge in [-0.05, 0) is 54.9 Å². The number of ether oxygens (including phenoxy) is 1. The van der Waals surface area contributed by atoms with E-state index in [1.54, 1.807) is 32.0 Å². The normalized spacial score (nSPS) is 19.3. The Kier molecular flexibility index (Phi) is 13.7. The predicted molar refractivity (Wildman–Crippen MR) is 166 cm³/mol. The smallest absolute Gasteiger partial charge is 0.328 e. The highest BCUT2D eigenvalue weighted by atomic mass is 19.1. The highest BCUT2D eigenvalue weighted by Gasteiger charge is 2.31. The number of rotatable bonds is 10. The molecule has 1 heterocycles. The first kappa shape index (κ1) is 35.7. The van der Waals surface area contributed by atoms with Gasteiger partial charge in [-0.1, -0.05) is 56.3 Å². The van der Waals surface area contributed by atoms with Gasteiger partial charge in [0.05, 0.1) is 13.2 Å². The van der Waals surface area contributed by atoms with E-state index in [4.69, 9.17) is 4.74 Å². The van der Waals surface area contributed by atoms with Crippen LogP contribution < -0.4 is 26.6 Å². The molecule has 0 spiro atoms. The number of amides is 5. The molecule has 0 saturated carbocycles. The molecule has 0 bridgehead atoms. The average molecular weight is 642 g/mol. The van der Waals surface area contributed by atoms with Crippen molar-refractivity contribution in [3.63, 3.8) is 0 Å². The van der Waals surface area contributed by atoms with Gasteiger partial charge in [-0.15, -0.1) is 0 Å². The lowest BCUT2D eigenvalue weighted by Crippen LogP contribution is -2.58. The highest BCUT2D eigenvalue weighted by Crippen LogP contribution is 2.13. The molecule has 13 heteroatoms. The molecule has 0 radical (unpaired) electrons. The summed E-state index contributed by atoms with van der Waals surface area (Å²) in [5.74, 6) is -3.79. The minimum Gasteiger partial charge on any atom is -0.467 e. The van der Waals surface area contributed by atoms with Crippen molar-refractivity contribution in [2.45, 2.75) is 70.1 Å². The van der Waals surface area contributed by atoms with Crippen LogP contribution in [-0.2, 0) is 36.8 Å². The molecule has 0 unspecified atom stereocenters. The lowest BCUT2D eigenvalue weighted by atomic mass is 10.0. The Hall–Kier alpha value is -4.81. The van der Waals surface area contributed by atoms with Gasteiger partial charge in [0, 0.05) is 19.0 Å². The van der Waals surface area contributed by atoms with E-state index in [2.05, 4.69) is 26.6 Å². The summed E-state index contributed by atoms with van der Waals surface area (Å²) in [6.07, 6.45) is 3.65. The van der Waals surface area contributed by atoms with Crippen LogP contribution in [0.25, 0.3) is 0 Å². The molecular formula is C33H41F2N5O6. The molecule has 11 nitrogen and oxygen atoms in total. The van der Waals surface area contributed by atoms with Crippen LogP contribution in [-0.4, -0.2) is 67.5 Å². The molecule has 5 amide bonds. The van der Waals surface area contributed by atoms with Crippen LogP contribution in [0.5, 0.6) is 0 Å². The molecule has 0 fully saturated rings. The van der Waals surface area contributed by atoms with E-state index in [1.165, 1.54) is 49.6 Å². The first-order chi connectivity index (χ1) is 22.0. The summed E-state index contributed by atoms with van der Waals surface area (Å²) in [6.45, 7) is 3.74. The fourth-order valence-corrected chi connectivity index (χ4v) is 4.90. The van der Waals surface area contributed by atoms with Gasteiger partial charge >= 0.3 is 12.0 Å².